The van der Waals surface area contributed by atoms with Crippen LogP contribution in [0.25, 0.3) is 0 Å². The van der Waals surface area contributed by atoms with E-state index in [-0.39, 0.29) is 17.7 Å². The highest BCUT2D eigenvalue weighted by Crippen LogP contribution is 2.19. The molecule has 0 aliphatic carbocycles. The SMILES string of the molecule is Cc1cc(C(=O)NNC(=O)C2CCN(C(=O)c3ccoc3)CC2)c(C)o1. The Labute approximate surface area is 150 Å². The molecule has 1 fully saturated rings. The van der Waals surface area contributed by atoms with E-state index in [1.54, 1.807) is 30.9 Å². The number of carbonyl (C=O) groups excluding carboxylic acids is 3. The summed E-state index contributed by atoms with van der Waals surface area (Å²) in [6, 6.07) is 3.24. The number of nitrogens with zero attached hydrogens (tertiary/aromatic N) is 1. The third-order valence-electron chi connectivity index (χ3n) is 4.51. The van der Waals surface area contributed by atoms with Gasteiger partial charge in [-0.3, -0.25) is 25.2 Å². The monoisotopic (exact) mass is 359 g/mol. The smallest absolute Gasteiger partial charge is 0.273 e. The second kappa shape index (κ2) is 7.47. The van der Waals surface area contributed by atoms with Crippen LogP contribution in [0.3, 0.4) is 0 Å². The zero-order valence-electron chi connectivity index (χ0n) is 14.7. The fourth-order valence-corrected chi connectivity index (χ4v) is 3.06. The first-order chi connectivity index (χ1) is 12.5. The Morgan fingerprint density at radius 1 is 1.15 bits per heavy atom. The van der Waals surface area contributed by atoms with Gasteiger partial charge in [-0.05, 0) is 38.8 Å². The molecule has 2 aromatic heterocycles. The number of hydrogen-bond donors (Lipinski definition) is 2. The molecule has 26 heavy (non-hydrogen) atoms. The van der Waals surface area contributed by atoms with Gasteiger partial charge in [0, 0.05) is 19.0 Å². The van der Waals surface area contributed by atoms with Crippen molar-refractivity contribution in [3.8, 4) is 0 Å². The molecule has 3 amide bonds. The predicted octanol–water partition coefficient (Wildman–Crippen LogP) is 1.80. The van der Waals surface area contributed by atoms with E-state index in [0.29, 0.717) is 48.6 Å². The molecule has 1 aliphatic rings. The predicted molar refractivity (Wildman–Crippen MR) is 91.1 cm³/mol. The lowest BCUT2D eigenvalue weighted by Crippen LogP contribution is -2.48. The standard InChI is InChI=1S/C18H21N3O5/c1-11-9-15(12(2)26-11)17(23)20-19-16(22)13-3-6-21(7-4-13)18(24)14-5-8-25-10-14/h5,8-10,13H,3-4,6-7H2,1-2H3,(H,19,22)(H,20,23). The Morgan fingerprint density at radius 2 is 1.88 bits per heavy atom. The van der Waals surface area contributed by atoms with Crippen LogP contribution in [0.15, 0.2) is 33.5 Å². The lowest BCUT2D eigenvalue weighted by Gasteiger charge is -2.31. The van der Waals surface area contributed by atoms with E-state index in [0.717, 1.165) is 0 Å². The maximum Gasteiger partial charge on any atom is 0.273 e. The van der Waals surface area contributed by atoms with Crippen LogP contribution >= 0.6 is 0 Å². The van der Waals surface area contributed by atoms with E-state index in [4.69, 9.17) is 8.83 Å². The minimum Gasteiger partial charge on any atom is -0.472 e. The summed E-state index contributed by atoms with van der Waals surface area (Å²) in [5, 5.41) is 0. The number of carbonyl (C=O) groups is 3. The molecule has 8 nitrogen and oxygen atoms in total. The zero-order chi connectivity index (χ0) is 18.7. The summed E-state index contributed by atoms with van der Waals surface area (Å²) in [6.45, 7) is 4.41. The summed E-state index contributed by atoms with van der Waals surface area (Å²) in [7, 11) is 0. The molecule has 0 atom stereocenters. The first-order valence-corrected chi connectivity index (χ1v) is 8.44. The maximum absolute atomic E-state index is 12.3. The van der Waals surface area contributed by atoms with E-state index >= 15 is 0 Å². The van der Waals surface area contributed by atoms with Gasteiger partial charge in [-0.25, -0.2) is 0 Å². The molecule has 0 spiro atoms. The van der Waals surface area contributed by atoms with Crippen molar-refractivity contribution < 1.29 is 23.2 Å². The Hall–Kier alpha value is -3.03. The van der Waals surface area contributed by atoms with Gasteiger partial charge >= 0.3 is 0 Å². The molecule has 138 valence electrons. The van der Waals surface area contributed by atoms with Crippen LogP contribution in [0.5, 0.6) is 0 Å². The number of aryl methyl sites for hydroxylation is 2. The van der Waals surface area contributed by atoms with Gasteiger partial charge in [0.05, 0.1) is 17.4 Å². The Kier molecular flexibility index (Phi) is 5.11. The van der Waals surface area contributed by atoms with Gasteiger partial charge in [0.2, 0.25) is 5.91 Å². The number of furan rings is 2. The fraction of sp³-hybridized carbons (Fsp3) is 0.389. The van der Waals surface area contributed by atoms with Crippen LogP contribution in [0.1, 0.15) is 45.1 Å². The van der Waals surface area contributed by atoms with Crippen LogP contribution < -0.4 is 10.9 Å². The minimum atomic E-state index is -0.416. The highest BCUT2D eigenvalue weighted by molar-refractivity contribution is 5.96. The van der Waals surface area contributed by atoms with Crippen molar-refractivity contribution in [2.24, 2.45) is 5.92 Å². The third-order valence-corrected chi connectivity index (χ3v) is 4.51. The van der Waals surface area contributed by atoms with E-state index in [2.05, 4.69) is 10.9 Å². The third kappa shape index (κ3) is 3.79. The molecular formula is C18H21N3O5. The number of hydrogen-bond acceptors (Lipinski definition) is 5. The van der Waals surface area contributed by atoms with Crippen molar-refractivity contribution in [2.45, 2.75) is 26.7 Å². The number of hydrazine groups is 1. The molecule has 0 radical (unpaired) electrons. The van der Waals surface area contributed by atoms with Crippen LogP contribution in [-0.4, -0.2) is 35.7 Å². The molecule has 2 aromatic rings. The van der Waals surface area contributed by atoms with Gasteiger partial charge in [0.15, 0.2) is 0 Å². The van der Waals surface area contributed by atoms with Gasteiger partial charge in [-0.2, -0.15) is 0 Å². The normalized spacial score (nSPS) is 14.9. The quantitative estimate of drug-likeness (QED) is 0.813. The number of amides is 3. The van der Waals surface area contributed by atoms with Gasteiger partial charge in [0.1, 0.15) is 17.8 Å². The highest BCUT2D eigenvalue weighted by Gasteiger charge is 2.28. The second-order valence-electron chi connectivity index (χ2n) is 6.35. The summed E-state index contributed by atoms with van der Waals surface area (Å²) in [5.74, 6) is 0.105. The Bertz CT molecular complexity index is 801. The summed E-state index contributed by atoms with van der Waals surface area (Å²) < 4.78 is 10.2. The topological polar surface area (TPSA) is 105 Å². The van der Waals surface area contributed by atoms with Gasteiger partial charge in [0.25, 0.3) is 11.8 Å². The van der Waals surface area contributed by atoms with Crippen molar-refractivity contribution in [3.63, 3.8) is 0 Å². The minimum absolute atomic E-state index is 0.100. The largest absolute Gasteiger partial charge is 0.472 e. The first-order valence-electron chi connectivity index (χ1n) is 8.44. The van der Waals surface area contributed by atoms with Gasteiger partial charge < -0.3 is 13.7 Å². The fourth-order valence-electron chi connectivity index (χ4n) is 3.06. The molecule has 0 unspecified atom stereocenters. The molecule has 1 aliphatic heterocycles. The number of rotatable bonds is 3. The molecular weight excluding hydrogens is 338 g/mol. The van der Waals surface area contributed by atoms with E-state index in [9.17, 15) is 14.4 Å². The van der Waals surface area contributed by atoms with Crippen molar-refractivity contribution in [2.75, 3.05) is 13.1 Å². The first kappa shape index (κ1) is 17.8. The average Bonchev–Trinajstić information content (AvgIpc) is 3.28. The summed E-state index contributed by atoms with van der Waals surface area (Å²) in [5.41, 5.74) is 5.77. The lowest BCUT2D eigenvalue weighted by molar-refractivity contribution is -0.127. The van der Waals surface area contributed by atoms with Crippen molar-refractivity contribution in [1.29, 1.82) is 0 Å². The molecule has 3 rings (SSSR count). The number of nitrogens with one attached hydrogen (secondary N) is 2. The number of likely N-dealkylation sites (tertiary alicyclic amines) is 1. The average molecular weight is 359 g/mol. The zero-order valence-corrected chi connectivity index (χ0v) is 14.7. The van der Waals surface area contributed by atoms with Crippen LogP contribution in [-0.2, 0) is 4.79 Å². The molecule has 2 N–H and O–H groups in total. The number of piperidine rings is 1. The van der Waals surface area contributed by atoms with E-state index in [1.165, 1.54) is 12.5 Å². The van der Waals surface area contributed by atoms with Crippen molar-refractivity contribution in [1.82, 2.24) is 15.8 Å². The molecule has 8 heteroatoms. The van der Waals surface area contributed by atoms with E-state index in [1.807, 2.05) is 0 Å². The van der Waals surface area contributed by atoms with E-state index < -0.39 is 5.91 Å². The maximum atomic E-state index is 12.3. The summed E-state index contributed by atoms with van der Waals surface area (Å²) in [6.07, 6.45) is 3.94. The Morgan fingerprint density at radius 3 is 2.46 bits per heavy atom. The van der Waals surface area contributed by atoms with Crippen molar-refractivity contribution in [3.05, 3.63) is 47.3 Å². The highest BCUT2D eigenvalue weighted by atomic mass is 16.3. The summed E-state index contributed by atoms with van der Waals surface area (Å²) >= 11 is 0. The molecule has 1 saturated heterocycles. The van der Waals surface area contributed by atoms with Crippen LogP contribution in [0.2, 0.25) is 0 Å². The molecule has 3 heterocycles. The summed E-state index contributed by atoms with van der Waals surface area (Å²) in [4.78, 5) is 38.3. The molecule has 0 saturated carbocycles. The van der Waals surface area contributed by atoms with Crippen LogP contribution in [0.4, 0.5) is 0 Å². The second-order valence-corrected chi connectivity index (χ2v) is 6.35. The van der Waals surface area contributed by atoms with Crippen LogP contribution in [0, 0.1) is 19.8 Å². The Balaban J connectivity index is 1.47. The lowest BCUT2D eigenvalue weighted by atomic mass is 9.96. The van der Waals surface area contributed by atoms with Crippen molar-refractivity contribution >= 4 is 17.7 Å². The van der Waals surface area contributed by atoms with Gasteiger partial charge in [-0.1, -0.05) is 0 Å². The molecule has 0 aromatic carbocycles. The van der Waals surface area contributed by atoms with Gasteiger partial charge in [-0.15, -0.1) is 0 Å². The molecule has 0 bridgehead atoms.